The second-order valence-electron chi connectivity index (χ2n) is 3.33. The lowest BCUT2D eigenvalue weighted by atomic mass is 10.4. The number of carbonyl (C=O) groups excluding carboxylic acids is 1. The van der Waals surface area contributed by atoms with Gasteiger partial charge in [-0.05, 0) is 26.0 Å². The number of esters is 1. The van der Waals surface area contributed by atoms with Crippen LogP contribution in [0.5, 0.6) is 0 Å². The van der Waals surface area contributed by atoms with Crippen molar-refractivity contribution >= 4 is 16.1 Å². The van der Waals surface area contributed by atoms with E-state index in [4.69, 9.17) is 10.3 Å². The van der Waals surface area contributed by atoms with Gasteiger partial charge in [0.05, 0.1) is 11.5 Å². The van der Waals surface area contributed by atoms with E-state index in [0.717, 1.165) is 0 Å². The van der Waals surface area contributed by atoms with Gasteiger partial charge < -0.3 is 10.5 Å². The maximum Gasteiger partial charge on any atom is 0.322 e. The number of rotatable bonds is 3. The first kappa shape index (κ1) is 16.6. The van der Waals surface area contributed by atoms with Gasteiger partial charge in [0.2, 0.25) is 0 Å². The molecule has 0 radical (unpaired) electrons. The van der Waals surface area contributed by atoms with Crippen LogP contribution in [0.3, 0.4) is 0 Å². The third kappa shape index (κ3) is 7.00. The van der Waals surface area contributed by atoms with E-state index in [1.54, 1.807) is 32.0 Å². The van der Waals surface area contributed by atoms with Crippen LogP contribution in [0.1, 0.15) is 13.8 Å². The van der Waals surface area contributed by atoms with Crippen molar-refractivity contribution in [1.29, 1.82) is 0 Å². The molecule has 1 rings (SSSR count). The van der Waals surface area contributed by atoms with Crippen molar-refractivity contribution in [3.8, 4) is 0 Å². The van der Waals surface area contributed by atoms with E-state index in [-0.39, 0.29) is 10.9 Å². The van der Waals surface area contributed by atoms with Crippen LogP contribution in [0.4, 0.5) is 0 Å². The first-order valence-electron chi connectivity index (χ1n) is 5.23. The van der Waals surface area contributed by atoms with Crippen LogP contribution >= 0.6 is 0 Å². The highest BCUT2D eigenvalue weighted by atomic mass is 32.2. The highest BCUT2D eigenvalue weighted by Crippen LogP contribution is 2.05. The average molecular weight is 275 g/mol. The molecule has 0 aliphatic carbocycles. The fraction of sp³-hybridized carbons (Fsp3) is 0.364. The maximum atomic E-state index is 10.4. The Morgan fingerprint density at radius 3 is 2.11 bits per heavy atom. The minimum atomic E-state index is -4.00. The van der Waals surface area contributed by atoms with Crippen LogP contribution in [0.15, 0.2) is 35.2 Å². The Bertz CT molecular complexity index is 456. The van der Waals surface area contributed by atoms with E-state index in [2.05, 4.69) is 4.74 Å². The van der Waals surface area contributed by atoms with Crippen LogP contribution in [-0.4, -0.2) is 31.6 Å². The zero-order valence-electron chi connectivity index (χ0n) is 10.2. The molecule has 1 atom stereocenters. The molecule has 0 spiro atoms. The lowest BCUT2D eigenvalue weighted by molar-refractivity contribution is -0.144. The number of nitrogens with two attached hydrogens (primary N) is 1. The monoisotopic (exact) mass is 275 g/mol. The predicted octanol–water partition coefficient (Wildman–Crippen LogP) is 0.830. The van der Waals surface area contributed by atoms with Crippen LogP contribution in [0.25, 0.3) is 0 Å². The zero-order valence-corrected chi connectivity index (χ0v) is 11.1. The SMILES string of the molecule is CCOC(=O)C(C)N.O=S(=O)(O)c1ccccc1. The average Bonchev–Trinajstić information content (AvgIpc) is 2.30. The van der Waals surface area contributed by atoms with Gasteiger partial charge in [0.15, 0.2) is 0 Å². The highest BCUT2D eigenvalue weighted by molar-refractivity contribution is 7.85. The van der Waals surface area contributed by atoms with Gasteiger partial charge >= 0.3 is 5.97 Å². The Morgan fingerprint density at radius 1 is 1.39 bits per heavy atom. The number of benzene rings is 1. The molecule has 102 valence electrons. The van der Waals surface area contributed by atoms with E-state index in [9.17, 15) is 13.2 Å². The summed E-state index contributed by atoms with van der Waals surface area (Å²) in [4.78, 5) is 10.3. The molecule has 0 amide bonds. The lowest BCUT2D eigenvalue weighted by Crippen LogP contribution is -2.28. The van der Waals surface area contributed by atoms with Crippen LogP contribution in [0.2, 0.25) is 0 Å². The summed E-state index contributed by atoms with van der Waals surface area (Å²) in [6.45, 7) is 3.75. The fourth-order valence-electron chi connectivity index (χ4n) is 0.866. The topological polar surface area (TPSA) is 107 Å². The summed E-state index contributed by atoms with van der Waals surface area (Å²) in [5.41, 5.74) is 5.15. The lowest BCUT2D eigenvalue weighted by Gasteiger charge is -2.02. The van der Waals surface area contributed by atoms with Gasteiger partial charge in [-0.2, -0.15) is 8.42 Å². The first-order valence-corrected chi connectivity index (χ1v) is 6.67. The van der Waals surface area contributed by atoms with Crippen molar-refractivity contribution in [3.63, 3.8) is 0 Å². The first-order chi connectivity index (χ1) is 8.29. The standard InChI is InChI=1S/C6H6O3S.C5H11NO2/c7-10(8,9)6-4-2-1-3-5-6;1-3-8-5(7)4(2)6/h1-5H,(H,7,8,9);4H,3,6H2,1-2H3. The van der Waals surface area contributed by atoms with Gasteiger partial charge in [-0.3, -0.25) is 9.35 Å². The Kier molecular flexibility index (Phi) is 7.18. The van der Waals surface area contributed by atoms with Crippen LogP contribution < -0.4 is 5.73 Å². The van der Waals surface area contributed by atoms with Gasteiger partial charge in [0.25, 0.3) is 10.1 Å². The molecule has 1 aromatic carbocycles. The minimum Gasteiger partial charge on any atom is -0.465 e. The van der Waals surface area contributed by atoms with E-state index in [0.29, 0.717) is 6.61 Å². The molecule has 0 saturated carbocycles. The number of hydrogen-bond acceptors (Lipinski definition) is 5. The molecule has 6 nitrogen and oxygen atoms in total. The molecule has 0 heterocycles. The Labute approximate surface area is 107 Å². The van der Waals surface area contributed by atoms with Gasteiger partial charge in [-0.15, -0.1) is 0 Å². The summed E-state index contributed by atoms with van der Waals surface area (Å²) in [5, 5.41) is 0. The smallest absolute Gasteiger partial charge is 0.322 e. The summed E-state index contributed by atoms with van der Waals surface area (Å²) in [7, 11) is -4.00. The zero-order chi connectivity index (χ0) is 14.2. The van der Waals surface area contributed by atoms with E-state index in [1.165, 1.54) is 12.1 Å². The number of ether oxygens (including phenoxy) is 1. The molecule has 1 unspecified atom stereocenters. The van der Waals surface area contributed by atoms with E-state index in [1.807, 2.05) is 0 Å². The van der Waals surface area contributed by atoms with Crippen LogP contribution in [-0.2, 0) is 19.6 Å². The van der Waals surface area contributed by atoms with Crippen molar-refractivity contribution in [1.82, 2.24) is 0 Å². The van der Waals surface area contributed by atoms with Gasteiger partial charge in [0.1, 0.15) is 6.04 Å². The van der Waals surface area contributed by atoms with E-state index >= 15 is 0 Å². The maximum absolute atomic E-state index is 10.4. The van der Waals surface area contributed by atoms with Gasteiger partial charge in [-0.25, -0.2) is 0 Å². The third-order valence-electron chi connectivity index (χ3n) is 1.70. The molecule has 0 aliphatic heterocycles. The summed E-state index contributed by atoms with van der Waals surface area (Å²) in [5.74, 6) is -0.340. The molecular formula is C11H17NO5S. The summed E-state index contributed by atoms with van der Waals surface area (Å²) >= 11 is 0. The van der Waals surface area contributed by atoms with Crippen LogP contribution in [0, 0.1) is 0 Å². The quantitative estimate of drug-likeness (QED) is 0.625. The molecule has 0 fully saturated rings. The van der Waals surface area contributed by atoms with Gasteiger partial charge in [0, 0.05) is 0 Å². The Hall–Kier alpha value is -1.44. The summed E-state index contributed by atoms with van der Waals surface area (Å²) in [6.07, 6.45) is 0. The highest BCUT2D eigenvalue weighted by Gasteiger charge is 2.06. The Balaban J connectivity index is 0.000000331. The molecule has 1 aromatic rings. The largest absolute Gasteiger partial charge is 0.465 e. The van der Waals surface area contributed by atoms with Crippen molar-refractivity contribution in [2.75, 3.05) is 6.61 Å². The van der Waals surface area contributed by atoms with Crippen molar-refractivity contribution in [2.45, 2.75) is 24.8 Å². The molecule has 0 aliphatic rings. The predicted molar refractivity (Wildman–Crippen MR) is 66.5 cm³/mol. The van der Waals surface area contributed by atoms with Crippen molar-refractivity contribution in [3.05, 3.63) is 30.3 Å². The molecule has 7 heteroatoms. The summed E-state index contributed by atoms with van der Waals surface area (Å²) in [6, 6.07) is 6.93. The van der Waals surface area contributed by atoms with E-state index < -0.39 is 16.2 Å². The van der Waals surface area contributed by atoms with Gasteiger partial charge in [-0.1, -0.05) is 18.2 Å². The third-order valence-corrected chi connectivity index (χ3v) is 2.57. The van der Waals surface area contributed by atoms with Crippen molar-refractivity contribution in [2.24, 2.45) is 5.73 Å². The molecule has 0 aromatic heterocycles. The second kappa shape index (κ2) is 7.80. The number of carbonyl (C=O) groups is 1. The Morgan fingerprint density at radius 2 is 1.89 bits per heavy atom. The molecular weight excluding hydrogens is 258 g/mol. The normalized spacial score (nSPS) is 12.0. The second-order valence-corrected chi connectivity index (χ2v) is 4.75. The molecule has 3 N–H and O–H groups in total. The number of hydrogen-bond donors (Lipinski definition) is 2. The molecule has 18 heavy (non-hydrogen) atoms. The minimum absolute atomic E-state index is 0.0741. The van der Waals surface area contributed by atoms with Crippen molar-refractivity contribution < 1.29 is 22.5 Å². The molecule has 0 saturated heterocycles. The molecule has 0 bridgehead atoms. The fourth-order valence-corrected chi connectivity index (χ4v) is 1.37. The summed E-state index contributed by atoms with van der Waals surface area (Å²) < 4.78 is 33.8.